The summed E-state index contributed by atoms with van der Waals surface area (Å²) in [5, 5.41) is 0. The van der Waals surface area contributed by atoms with E-state index in [2.05, 4.69) is 11.8 Å². The molecule has 0 amide bonds. The van der Waals surface area contributed by atoms with E-state index < -0.39 is 0 Å². The number of hydrogen-bond acceptors (Lipinski definition) is 0. The Bertz CT molecular complexity index is 8.85. The summed E-state index contributed by atoms with van der Waals surface area (Å²) in [6.07, 6.45) is 0. The molecule has 0 aromatic heterocycles. The fraction of sp³-hybridized carbons (Fsp3) is 0.667. The third kappa shape index (κ3) is 10.7. The molecule has 0 heterocycles. The van der Waals surface area contributed by atoms with Crippen LogP contribution < -0.4 is 0 Å². The van der Waals surface area contributed by atoms with Crippen molar-refractivity contribution in [2.24, 2.45) is 0 Å². The summed E-state index contributed by atoms with van der Waals surface area (Å²) in [7, 11) is 0. The largest absolute Gasteiger partial charge is 0 e. The quantitative estimate of drug-likeness (QED) is 0.447. The van der Waals surface area contributed by atoms with E-state index in [4.69, 9.17) is 0 Å². The van der Waals surface area contributed by atoms with Crippen LogP contribution in [0.25, 0.3) is 0 Å². The summed E-state index contributed by atoms with van der Waals surface area (Å²) >= 11 is 0.242. The molecular formula is C3H7SbSc-. The first-order chi connectivity index (χ1) is 1.91. The van der Waals surface area contributed by atoms with Crippen LogP contribution in [0.2, 0.25) is 9.24 Å². The van der Waals surface area contributed by atoms with E-state index in [0.29, 0.717) is 0 Å². The molecule has 0 atom stereocenters. The van der Waals surface area contributed by atoms with Crippen LogP contribution >= 0.6 is 0 Å². The first-order valence-corrected chi connectivity index (χ1v) is 5.62. The second-order valence-electron chi connectivity index (χ2n) is 0.540. The van der Waals surface area contributed by atoms with Gasteiger partial charge in [0.1, 0.15) is 0 Å². The summed E-state index contributed by atoms with van der Waals surface area (Å²) in [6.45, 7) is 3.67. The molecule has 2 radical (unpaired) electrons. The molecule has 0 N–H and O–H groups in total. The Labute approximate surface area is 63.0 Å². The van der Waals surface area contributed by atoms with Gasteiger partial charge in [-0.3, -0.25) is 0 Å². The molecular weight excluding hydrogens is 203 g/mol. The predicted octanol–water partition coefficient (Wildman–Crippen LogP) is 0.989. The topological polar surface area (TPSA) is 0 Å². The first kappa shape index (κ1) is 9.85. The molecule has 0 saturated heterocycles. The molecule has 0 saturated carbocycles. The van der Waals surface area contributed by atoms with Crippen molar-refractivity contribution in [2.45, 2.75) is 9.24 Å². The van der Waals surface area contributed by atoms with Crippen LogP contribution in [-0.4, -0.2) is 21.6 Å². The minimum absolute atomic E-state index is 0. The zero-order chi connectivity index (χ0) is 3.41. The standard InChI is InChI=1S/C2H4.CH3.Sb.Sc/c1-2;;;/h1-2H2;1H3;;/q-1;;;. The molecule has 28 valence electrons. The van der Waals surface area contributed by atoms with Gasteiger partial charge in [0.25, 0.3) is 0 Å². The molecule has 0 spiro atoms. The molecule has 0 aliphatic heterocycles. The minimum Gasteiger partial charge on any atom is 0 e. The maximum absolute atomic E-state index is 3.67. The fourth-order valence-corrected chi connectivity index (χ4v) is 0. The Morgan fingerprint density at radius 1 is 1.80 bits per heavy atom. The zero-order valence-electron chi connectivity index (χ0n) is 3.44. The summed E-state index contributed by atoms with van der Waals surface area (Å²) in [5.74, 6) is 0. The van der Waals surface area contributed by atoms with Crippen molar-refractivity contribution in [3.8, 4) is 0 Å². The Morgan fingerprint density at radius 2 is 2.00 bits per heavy atom. The summed E-state index contributed by atoms with van der Waals surface area (Å²) < 4.78 is 1.22. The molecule has 0 aliphatic carbocycles. The van der Waals surface area contributed by atoms with Gasteiger partial charge >= 0.3 is 37.8 Å². The Morgan fingerprint density at radius 3 is 2.00 bits per heavy atom. The molecule has 0 nitrogen and oxygen atoms in total. The van der Waals surface area contributed by atoms with Crippen molar-refractivity contribution >= 4 is 21.6 Å². The summed E-state index contributed by atoms with van der Waals surface area (Å²) in [6, 6.07) is 0. The van der Waals surface area contributed by atoms with Gasteiger partial charge in [-0.15, -0.1) is 0 Å². The maximum atomic E-state index is 3.67. The Hall–Kier alpha value is 1.69. The molecule has 0 unspecified atom stereocenters. The van der Waals surface area contributed by atoms with Gasteiger partial charge in [-0.25, -0.2) is 0 Å². The molecule has 5 heavy (non-hydrogen) atoms. The average Bonchev–Trinajstić information content (AvgIpc) is 1.37. The second-order valence-corrected chi connectivity index (χ2v) is 3.62. The summed E-state index contributed by atoms with van der Waals surface area (Å²) in [4.78, 5) is 2.27. The van der Waals surface area contributed by atoms with Crippen LogP contribution in [0.3, 0.4) is 0 Å². The van der Waals surface area contributed by atoms with Gasteiger partial charge in [0.2, 0.25) is 0 Å². The van der Waals surface area contributed by atoms with Crippen molar-refractivity contribution in [2.75, 3.05) is 0 Å². The van der Waals surface area contributed by atoms with Gasteiger partial charge in [-0.2, -0.15) is 0 Å². The number of rotatable bonds is 1. The van der Waals surface area contributed by atoms with Crippen molar-refractivity contribution in [1.82, 2.24) is 0 Å². The van der Waals surface area contributed by atoms with E-state index in [1.807, 2.05) is 0 Å². The van der Waals surface area contributed by atoms with Crippen LogP contribution in [0, 0.1) is 6.92 Å². The molecule has 0 rings (SSSR count). The van der Waals surface area contributed by atoms with Gasteiger partial charge in [0, 0.05) is 25.8 Å². The van der Waals surface area contributed by atoms with Crippen molar-refractivity contribution in [1.29, 1.82) is 0 Å². The first-order valence-electron chi connectivity index (χ1n) is 1.26. The van der Waals surface area contributed by atoms with E-state index >= 15 is 0 Å². The third-order valence-electron chi connectivity index (χ3n) is 0.224. The minimum atomic E-state index is 0. The third-order valence-corrected chi connectivity index (χ3v) is 1.50. The van der Waals surface area contributed by atoms with Gasteiger partial charge in [-0.1, -0.05) is 0 Å². The van der Waals surface area contributed by atoms with E-state index in [-0.39, 0.29) is 47.5 Å². The normalized spacial score (nSPS) is 6.00. The maximum Gasteiger partial charge on any atom is 0 e. The predicted molar refractivity (Wildman–Crippen MR) is 21.8 cm³/mol. The number of hydrogen-bond donors (Lipinski definition) is 0. The van der Waals surface area contributed by atoms with Gasteiger partial charge in [0.15, 0.2) is 0 Å². The van der Waals surface area contributed by atoms with E-state index in [1.165, 1.54) is 4.37 Å². The van der Waals surface area contributed by atoms with Crippen LogP contribution in [0.15, 0.2) is 0 Å². The van der Waals surface area contributed by atoms with E-state index in [0.717, 1.165) is 0 Å². The van der Waals surface area contributed by atoms with Crippen molar-refractivity contribution < 1.29 is 25.8 Å². The smallest absolute Gasteiger partial charge is 0 e. The van der Waals surface area contributed by atoms with Crippen molar-refractivity contribution in [3.63, 3.8) is 0 Å². The van der Waals surface area contributed by atoms with E-state index in [1.54, 1.807) is 0 Å². The molecule has 0 aliphatic rings. The summed E-state index contributed by atoms with van der Waals surface area (Å²) in [5.41, 5.74) is 0. The zero-order valence-corrected chi connectivity index (χ0v) is 7.79. The Kier molecular flexibility index (Phi) is 18.1. The van der Waals surface area contributed by atoms with Crippen LogP contribution in [-0.2, 0) is 25.8 Å². The van der Waals surface area contributed by atoms with Crippen LogP contribution in [0.1, 0.15) is 0 Å². The van der Waals surface area contributed by atoms with Crippen LogP contribution in [0.5, 0.6) is 0 Å². The van der Waals surface area contributed by atoms with Crippen LogP contribution in [0.4, 0.5) is 0 Å². The van der Waals surface area contributed by atoms with Gasteiger partial charge < -0.3 is 0 Å². The van der Waals surface area contributed by atoms with Gasteiger partial charge in [-0.05, 0) is 0 Å². The second kappa shape index (κ2) is 9.19. The molecule has 0 aromatic rings. The molecule has 0 aromatic carbocycles. The molecule has 0 bridgehead atoms. The Balaban J connectivity index is 0. The average molecular weight is 210 g/mol. The van der Waals surface area contributed by atoms with Crippen molar-refractivity contribution in [3.05, 3.63) is 6.92 Å². The SMILES string of the molecule is [CH2-][CH2][Sb][CH3].[Sc]. The molecule has 2 heteroatoms. The fourth-order valence-electron chi connectivity index (χ4n) is 0. The monoisotopic (exact) mass is 209 g/mol. The van der Waals surface area contributed by atoms with Gasteiger partial charge in [0.05, 0.1) is 0 Å². The molecule has 0 fully saturated rings. The van der Waals surface area contributed by atoms with E-state index in [9.17, 15) is 0 Å².